The second-order valence-corrected chi connectivity index (χ2v) is 10.1. The third-order valence-corrected chi connectivity index (χ3v) is 7.23. The third kappa shape index (κ3) is 8.28. The molecule has 0 saturated heterocycles. The van der Waals surface area contributed by atoms with Crippen molar-refractivity contribution >= 4 is 27.5 Å². The summed E-state index contributed by atoms with van der Waals surface area (Å²) in [6.45, 7) is 2.11. The molecule has 0 bridgehead atoms. The van der Waals surface area contributed by atoms with Crippen LogP contribution in [0.3, 0.4) is 0 Å². The van der Waals surface area contributed by atoms with Crippen LogP contribution in [0.1, 0.15) is 48.5 Å². The molecule has 0 radical (unpaired) electrons. The molecule has 8 heteroatoms. The summed E-state index contributed by atoms with van der Waals surface area (Å²) in [6, 6.07) is 23.6. The third-order valence-electron chi connectivity index (χ3n) is 6.27. The molecule has 7 nitrogen and oxygen atoms in total. The van der Waals surface area contributed by atoms with Crippen molar-refractivity contribution in [1.82, 2.24) is 10.3 Å². The number of aromatic amines is 1. The number of unbranched alkanes of at least 4 members (excludes halogenated alkanes) is 2. The summed E-state index contributed by atoms with van der Waals surface area (Å²) in [5, 5.41) is 12.9. The monoisotopic (exact) mass is 534 g/mol. The number of thiazole rings is 1. The van der Waals surface area contributed by atoms with Gasteiger partial charge in [-0.3, -0.25) is 9.59 Å². The Hall–Kier alpha value is -3.46. The molecule has 3 N–H and O–H groups in total. The predicted octanol–water partition coefficient (Wildman–Crippen LogP) is 5.49. The van der Waals surface area contributed by atoms with Crippen molar-refractivity contribution in [3.8, 4) is 5.75 Å². The first kappa shape index (κ1) is 27.6. The lowest BCUT2D eigenvalue weighted by atomic mass is 10.1. The zero-order valence-corrected chi connectivity index (χ0v) is 22.2. The number of aromatic hydroxyl groups is 1. The standard InChI is InChI=1S/C30H34N2O5S/c33-25-16-15-24(29-28(25)32-30(35)38-29)17-18-31-27(34)14-8-3-9-19-37-26(23-12-6-2-7-13-23)21-36-20-22-10-4-1-5-11-22/h1-2,4-7,10-13,15-16,26,33H,3,8-9,14,17-21H2,(H,31,34)(H,32,35). The van der Waals surface area contributed by atoms with Gasteiger partial charge in [0.05, 0.1) is 17.9 Å². The first-order valence-corrected chi connectivity index (χ1v) is 13.8. The second kappa shape index (κ2) is 14.5. The van der Waals surface area contributed by atoms with E-state index in [1.165, 1.54) is 0 Å². The summed E-state index contributed by atoms with van der Waals surface area (Å²) in [6.07, 6.45) is 3.48. The van der Waals surface area contributed by atoms with E-state index in [4.69, 9.17) is 9.47 Å². The van der Waals surface area contributed by atoms with Crippen LogP contribution in [0.15, 0.2) is 77.6 Å². The smallest absolute Gasteiger partial charge is 0.305 e. The minimum Gasteiger partial charge on any atom is -0.506 e. The number of carbonyl (C=O) groups excluding carboxylic acids is 1. The Balaban J connectivity index is 1.12. The molecule has 3 aromatic carbocycles. The minimum atomic E-state index is -0.203. The highest BCUT2D eigenvalue weighted by molar-refractivity contribution is 7.16. The number of carbonyl (C=O) groups is 1. The Kier molecular flexibility index (Phi) is 10.5. The number of benzene rings is 3. The molecular formula is C30H34N2O5S. The van der Waals surface area contributed by atoms with E-state index in [1.54, 1.807) is 12.1 Å². The van der Waals surface area contributed by atoms with E-state index in [0.717, 1.165) is 52.0 Å². The average molecular weight is 535 g/mol. The number of H-pyrrole nitrogens is 1. The Bertz CT molecular complexity index is 1340. The number of hydrogen-bond acceptors (Lipinski definition) is 6. The van der Waals surface area contributed by atoms with Crippen LogP contribution < -0.4 is 10.2 Å². The summed E-state index contributed by atoms with van der Waals surface area (Å²) in [5.74, 6) is 0.0737. The maximum absolute atomic E-state index is 12.3. The number of nitrogens with one attached hydrogen (secondary N) is 2. The number of ether oxygens (including phenoxy) is 2. The molecule has 200 valence electrons. The summed E-state index contributed by atoms with van der Waals surface area (Å²) >= 11 is 1.07. The fourth-order valence-electron chi connectivity index (χ4n) is 4.25. The zero-order valence-electron chi connectivity index (χ0n) is 21.4. The van der Waals surface area contributed by atoms with Crippen LogP contribution in [-0.2, 0) is 27.3 Å². The lowest BCUT2D eigenvalue weighted by Crippen LogP contribution is -2.25. The van der Waals surface area contributed by atoms with Crippen LogP contribution in [0.5, 0.6) is 5.75 Å². The normalized spacial score (nSPS) is 12.0. The van der Waals surface area contributed by atoms with Gasteiger partial charge in [0, 0.05) is 19.6 Å². The van der Waals surface area contributed by atoms with E-state index in [0.29, 0.717) is 44.7 Å². The number of amides is 1. The molecule has 0 aliphatic heterocycles. The number of aromatic nitrogens is 1. The summed E-state index contributed by atoms with van der Waals surface area (Å²) in [5.41, 5.74) is 3.62. The Morgan fingerprint density at radius 3 is 2.53 bits per heavy atom. The van der Waals surface area contributed by atoms with Gasteiger partial charge in [0.1, 0.15) is 17.4 Å². The van der Waals surface area contributed by atoms with Crippen molar-refractivity contribution in [3.05, 3.63) is 99.2 Å². The maximum Gasteiger partial charge on any atom is 0.305 e. The average Bonchev–Trinajstić information content (AvgIpc) is 3.34. The molecule has 1 heterocycles. The van der Waals surface area contributed by atoms with Crippen LogP contribution in [0.25, 0.3) is 10.2 Å². The van der Waals surface area contributed by atoms with Gasteiger partial charge in [0.25, 0.3) is 0 Å². The SMILES string of the molecule is O=C(CCCCCOC(COCc1ccccc1)c1ccccc1)NCCc1ccc(O)c2[nH]c(=O)sc12. The van der Waals surface area contributed by atoms with Gasteiger partial charge in [0.2, 0.25) is 5.91 Å². The van der Waals surface area contributed by atoms with Crippen molar-refractivity contribution < 1.29 is 19.4 Å². The minimum absolute atomic E-state index is 0.0136. The van der Waals surface area contributed by atoms with Crippen molar-refractivity contribution in [2.75, 3.05) is 19.8 Å². The van der Waals surface area contributed by atoms with Crippen molar-refractivity contribution in [2.45, 2.75) is 44.8 Å². The van der Waals surface area contributed by atoms with Gasteiger partial charge < -0.3 is 24.9 Å². The molecule has 1 atom stereocenters. The fourth-order valence-corrected chi connectivity index (χ4v) is 5.15. The van der Waals surface area contributed by atoms with Gasteiger partial charge in [0.15, 0.2) is 0 Å². The van der Waals surface area contributed by atoms with Crippen LogP contribution in [0.2, 0.25) is 0 Å². The number of phenols is 1. The van der Waals surface area contributed by atoms with Crippen molar-refractivity contribution in [1.29, 1.82) is 0 Å². The van der Waals surface area contributed by atoms with Gasteiger partial charge in [-0.15, -0.1) is 0 Å². The number of hydrogen-bond donors (Lipinski definition) is 3. The summed E-state index contributed by atoms with van der Waals surface area (Å²) < 4.78 is 12.8. The summed E-state index contributed by atoms with van der Waals surface area (Å²) in [7, 11) is 0. The number of phenolic OH excluding ortho intramolecular Hbond substituents is 1. The molecule has 4 aromatic rings. The molecule has 1 amide bonds. The predicted molar refractivity (Wildman–Crippen MR) is 151 cm³/mol. The van der Waals surface area contributed by atoms with E-state index in [9.17, 15) is 14.7 Å². The number of fused-ring (bicyclic) bond motifs is 1. The molecular weight excluding hydrogens is 500 g/mol. The Labute approximate surface area is 226 Å². The molecule has 0 spiro atoms. The molecule has 0 aliphatic rings. The van der Waals surface area contributed by atoms with Gasteiger partial charge in [-0.1, -0.05) is 84.5 Å². The van der Waals surface area contributed by atoms with Gasteiger partial charge >= 0.3 is 4.87 Å². The number of rotatable bonds is 15. The lowest BCUT2D eigenvalue weighted by molar-refractivity contribution is -0.121. The van der Waals surface area contributed by atoms with Gasteiger partial charge in [-0.25, -0.2) is 0 Å². The fraction of sp³-hybridized carbons (Fsp3) is 0.333. The lowest BCUT2D eigenvalue weighted by Gasteiger charge is -2.19. The highest BCUT2D eigenvalue weighted by Gasteiger charge is 2.13. The maximum atomic E-state index is 12.3. The van der Waals surface area contributed by atoms with E-state index in [-0.39, 0.29) is 22.6 Å². The largest absolute Gasteiger partial charge is 0.506 e. The van der Waals surface area contributed by atoms with Crippen LogP contribution in [0, 0.1) is 0 Å². The van der Waals surface area contributed by atoms with Gasteiger partial charge in [-0.2, -0.15) is 0 Å². The van der Waals surface area contributed by atoms with Crippen molar-refractivity contribution in [2.24, 2.45) is 0 Å². The Morgan fingerprint density at radius 2 is 1.74 bits per heavy atom. The molecule has 1 aromatic heterocycles. The van der Waals surface area contributed by atoms with Gasteiger partial charge in [-0.05, 0) is 42.0 Å². The quantitative estimate of drug-likeness (QED) is 0.175. The van der Waals surface area contributed by atoms with Crippen LogP contribution >= 0.6 is 11.3 Å². The summed E-state index contributed by atoms with van der Waals surface area (Å²) in [4.78, 5) is 26.4. The van der Waals surface area contributed by atoms with Crippen molar-refractivity contribution in [3.63, 3.8) is 0 Å². The molecule has 0 saturated carbocycles. The first-order chi connectivity index (χ1) is 18.6. The van der Waals surface area contributed by atoms with E-state index < -0.39 is 0 Å². The zero-order chi connectivity index (χ0) is 26.6. The topological polar surface area (TPSA) is 101 Å². The second-order valence-electron chi connectivity index (χ2n) is 9.14. The molecule has 0 aliphatic carbocycles. The van der Waals surface area contributed by atoms with E-state index in [1.807, 2.05) is 48.5 Å². The first-order valence-electron chi connectivity index (χ1n) is 13.0. The highest BCUT2D eigenvalue weighted by atomic mass is 32.1. The van der Waals surface area contributed by atoms with Crippen LogP contribution in [-0.4, -0.2) is 35.8 Å². The molecule has 38 heavy (non-hydrogen) atoms. The highest BCUT2D eigenvalue weighted by Crippen LogP contribution is 2.27. The molecule has 1 unspecified atom stereocenters. The van der Waals surface area contributed by atoms with E-state index >= 15 is 0 Å². The van der Waals surface area contributed by atoms with E-state index in [2.05, 4.69) is 22.4 Å². The Morgan fingerprint density at radius 1 is 0.974 bits per heavy atom. The molecule has 4 rings (SSSR count). The van der Waals surface area contributed by atoms with Crippen LogP contribution in [0.4, 0.5) is 0 Å². The molecule has 0 fully saturated rings.